The second-order valence-electron chi connectivity index (χ2n) is 3.44. The van der Waals surface area contributed by atoms with Gasteiger partial charge in [0, 0.05) is 10.6 Å². The van der Waals surface area contributed by atoms with Crippen molar-refractivity contribution in [2.24, 2.45) is 0 Å². The summed E-state index contributed by atoms with van der Waals surface area (Å²) in [5.74, 6) is 1.09. The molecule has 0 saturated heterocycles. The van der Waals surface area contributed by atoms with Crippen LogP contribution in [0.25, 0.3) is 0 Å². The molecule has 0 amide bonds. The average Bonchev–Trinajstić information content (AvgIpc) is 2.34. The van der Waals surface area contributed by atoms with Crippen LogP contribution in [0.4, 0.5) is 0 Å². The van der Waals surface area contributed by atoms with Gasteiger partial charge in [-0.1, -0.05) is 35.3 Å². The summed E-state index contributed by atoms with van der Waals surface area (Å²) in [7, 11) is 0. The van der Waals surface area contributed by atoms with Crippen LogP contribution >= 0.6 is 23.2 Å². The topological polar surface area (TPSA) is 29.5 Å². The third-order valence-electron chi connectivity index (χ3n) is 2.25. The van der Waals surface area contributed by atoms with E-state index >= 15 is 0 Å². The fourth-order valence-corrected chi connectivity index (χ4v) is 1.79. The van der Waals surface area contributed by atoms with Gasteiger partial charge < -0.3 is 9.84 Å². The lowest BCUT2D eigenvalue weighted by Crippen LogP contribution is -1.92. The molecule has 17 heavy (non-hydrogen) atoms. The maximum absolute atomic E-state index is 9.22. The molecule has 1 N–H and O–H groups in total. The highest BCUT2D eigenvalue weighted by Gasteiger charge is 2.07. The number of rotatable bonds is 3. The fraction of sp³-hybridized carbons (Fsp3) is 0.0769. The molecule has 2 nitrogen and oxygen atoms in total. The van der Waals surface area contributed by atoms with Gasteiger partial charge in [-0.3, -0.25) is 0 Å². The summed E-state index contributed by atoms with van der Waals surface area (Å²) in [5, 5.41) is 10.3. The standard InChI is InChI=1S/C13H10Cl2O2/c14-10-5-6-12(9(7-10)8-16)17-13-4-2-1-3-11(13)15/h1-7,16H,8H2. The summed E-state index contributed by atoms with van der Waals surface area (Å²) in [6.45, 7) is -0.139. The van der Waals surface area contributed by atoms with E-state index in [-0.39, 0.29) is 6.61 Å². The Kier molecular flexibility index (Phi) is 3.89. The number of benzene rings is 2. The van der Waals surface area contributed by atoms with Crippen molar-refractivity contribution in [1.29, 1.82) is 0 Å². The van der Waals surface area contributed by atoms with Crippen molar-refractivity contribution in [1.82, 2.24) is 0 Å². The molecule has 0 aliphatic heterocycles. The van der Waals surface area contributed by atoms with Gasteiger partial charge in [0.1, 0.15) is 11.5 Å². The largest absolute Gasteiger partial charge is 0.455 e. The number of aliphatic hydroxyl groups excluding tert-OH is 1. The number of para-hydroxylation sites is 1. The van der Waals surface area contributed by atoms with Gasteiger partial charge in [0.25, 0.3) is 0 Å². The Morgan fingerprint density at radius 1 is 1.00 bits per heavy atom. The molecule has 4 heteroatoms. The van der Waals surface area contributed by atoms with Crippen LogP contribution in [0.5, 0.6) is 11.5 Å². The first-order chi connectivity index (χ1) is 8.20. The maximum atomic E-state index is 9.22. The SMILES string of the molecule is OCc1cc(Cl)ccc1Oc1ccccc1Cl. The molecule has 0 unspecified atom stereocenters. The highest BCUT2D eigenvalue weighted by molar-refractivity contribution is 6.32. The van der Waals surface area contributed by atoms with Gasteiger partial charge in [0.2, 0.25) is 0 Å². The van der Waals surface area contributed by atoms with E-state index in [9.17, 15) is 5.11 Å². The van der Waals surface area contributed by atoms with Gasteiger partial charge in [-0.05, 0) is 30.3 Å². The third kappa shape index (κ3) is 2.91. The zero-order valence-corrected chi connectivity index (χ0v) is 10.4. The van der Waals surface area contributed by atoms with Crippen molar-refractivity contribution in [2.45, 2.75) is 6.61 Å². The predicted octanol–water partition coefficient (Wildman–Crippen LogP) is 4.28. The molecule has 2 aromatic rings. The fourth-order valence-electron chi connectivity index (χ4n) is 1.42. The first-order valence-electron chi connectivity index (χ1n) is 5.02. The van der Waals surface area contributed by atoms with Crippen LogP contribution in [0, 0.1) is 0 Å². The minimum absolute atomic E-state index is 0.139. The highest BCUT2D eigenvalue weighted by atomic mass is 35.5. The molecule has 0 aromatic heterocycles. The molecule has 0 radical (unpaired) electrons. The Bertz CT molecular complexity index is 527. The summed E-state index contributed by atoms with van der Waals surface area (Å²) >= 11 is 11.8. The van der Waals surface area contributed by atoms with Crippen LogP contribution in [0.3, 0.4) is 0 Å². The van der Waals surface area contributed by atoms with Crippen LogP contribution < -0.4 is 4.74 Å². The molecule has 0 fully saturated rings. The number of ether oxygens (including phenoxy) is 1. The number of hydrogen-bond donors (Lipinski definition) is 1. The van der Waals surface area contributed by atoms with Crippen molar-refractivity contribution in [2.75, 3.05) is 0 Å². The smallest absolute Gasteiger partial charge is 0.146 e. The molecule has 0 bridgehead atoms. The van der Waals surface area contributed by atoms with E-state index in [4.69, 9.17) is 27.9 Å². The number of aliphatic hydroxyl groups is 1. The maximum Gasteiger partial charge on any atom is 0.146 e. The van der Waals surface area contributed by atoms with Gasteiger partial charge in [0.05, 0.1) is 11.6 Å². The van der Waals surface area contributed by atoms with E-state index < -0.39 is 0 Å². The Morgan fingerprint density at radius 3 is 2.47 bits per heavy atom. The lowest BCUT2D eigenvalue weighted by molar-refractivity contribution is 0.276. The summed E-state index contributed by atoms with van der Waals surface area (Å²) in [6, 6.07) is 12.2. The molecule has 0 aliphatic carbocycles. The normalized spacial score (nSPS) is 10.3. The van der Waals surface area contributed by atoms with Crippen LogP contribution in [-0.2, 0) is 6.61 Å². The zero-order chi connectivity index (χ0) is 12.3. The van der Waals surface area contributed by atoms with E-state index in [1.54, 1.807) is 30.3 Å². The second-order valence-corrected chi connectivity index (χ2v) is 4.29. The van der Waals surface area contributed by atoms with E-state index in [1.165, 1.54) is 0 Å². The highest BCUT2D eigenvalue weighted by Crippen LogP contribution is 2.32. The van der Waals surface area contributed by atoms with Gasteiger partial charge >= 0.3 is 0 Å². The summed E-state index contributed by atoms with van der Waals surface area (Å²) in [5.41, 5.74) is 0.623. The van der Waals surface area contributed by atoms with Crippen molar-refractivity contribution in [3.63, 3.8) is 0 Å². The quantitative estimate of drug-likeness (QED) is 0.901. The molecular formula is C13H10Cl2O2. The van der Waals surface area contributed by atoms with Crippen molar-refractivity contribution >= 4 is 23.2 Å². The lowest BCUT2D eigenvalue weighted by atomic mass is 10.2. The molecule has 88 valence electrons. The van der Waals surface area contributed by atoms with Gasteiger partial charge in [-0.25, -0.2) is 0 Å². The van der Waals surface area contributed by atoms with Gasteiger partial charge in [-0.15, -0.1) is 0 Å². The van der Waals surface area contributed by atoms with Crippen molar-refractivity contribution in [3.05, 3.63) is 58.1 Å². The van der Waals surface area contributed by atoms with Crippen LogP contribution in [0.1, 0.15) is 5.56 Å². The Hall–Kier alpha value is -1.22. The summed E-state index contributed by atoms with van der Waals surface area (Å²) in [6.07, 6.45) is 0. The minimum Gasteiger partial charge on any atom is -0.455 e. The van der Waals surface area contributed by atoms with Gasteiger partial charge in [-0.2, -0.15) is 0 Å². The van der Waals surface area contributed by atoms with Crippen molar-refractivity contribution < 1.29 is 9.84 Å². The van der Waals surface area contributed by atoms with Crippen LogP contribution in [-0.4, -0.2) is 5.11 Å². The Balaban J connectivity index is 2.33. The molecule has 0 aliphatic rings. The molecule has 0 heterocycles. The van der Waals surface area contributed by atoms with Crippen LogP contribution in [0.15, 0.2) is 42.5 Å². The first kappa shape index (κ1) is 12.2. The van der Waals surface area contributed by atoms with Crippen LogP contribution in [0.2, 0.25) is 10.0 Å². The molecule has 2 rings (SSSR count). The first-order valence-corrected chi connectivity index (χ1v) is 5.78. The zero-order valence-electron chi connectivity index (χ0n) is 8.86. The molecule has 0 spiro atoms. The summed E-state index contributed by atoms with van der Waals surface area (Å²) < 4.78 is 5.64. The number of halogens is 2. The third-order valence-corrected chi connectivity index (χ3v) is 2.80. The Labute approximate surface area is 109 Å². The predicted molar refractivity (Wildman–Crippen MR) is 68.9 cm³/mol. The molecule has 2 aromatic carbocycles. The van der Waals surface area contributed by atoms with E-state index in [2.05, 4.69) is 0 Å². The Morgan fingerprint density at radius 2 is 1.76 bits per heavy atom. The van der Waals surface area contributed by atoms with E-state index in [1.807, 2.05) is 12.1 Å². The minimum atomic E-state index is -0.139. The monoisotopic (exact) mass is 268 g/mol. The molecular weight excluding hydrogens is 259 g/mol. The number of hydrogen-bond acceptors (Lipinski definition) is 2. The molecule has 0 atom stereocenters. The van der Waals surface area contributed by atoms with E-state index in [0.29, 0.717) is 27.1 Å². The van der Waals surface area contributed by atoms with E-state index in [0.717, 1.165) is 0 Å². The lowest BCUT2D eigenvalue weighted by Gasteiger charge is -2.11. The average molecular weight is 269 g/mol. The van der Waals surface area contributed by atoms with Crippen molar-refractivity contribution in [3.8, 4) is 11.5 Å². The summed E-state index contributed by atoms with van der Waals surface area (Å²) in [4.78, 5) is 0. The molecule has 0 saturated carbocycles. The second kappa shape index (κ2) is 5.41. The van der Waals surface area contributed by atoms with Gasteiger partial charge in [0.15, 0.2) is 0 Å².